The van der Waals surface area contributed by atoms with Gasteiger partial charge < -0.3 is 9.80 Å². The Morgan fingerprint density at radius 3 is 2.71 bits per heavy atom. The average Bonchev–Trinajstić information content (AvgIpc) is 3.17. The van der Waals surface area contributed by atoms with Gasteiger partial charge in [-0.3, -0.25) is 9.69 Å². The van der Waals surface area contributed by atoms with Gasteiger partial charge in [-0.1, -0.05) is 0 Å². The highest BCUT2D eigenvalue weighted by Gasteiger charge is 2.42. The largest absolute Gasteiger partial charge is 0.393 e. The van der Waals surface area contributed by atoms with Crippen molar-refractivity contribution in [1.29, 1.82) is 0 Å². The summed E-state index contributed by atoms with van der Waals surface area (Å²) in [5.41, 5.74) is 0. The zero-order valence-corrected chi connectivity index (χ0v) is 16.2. The van der Waals surface area contributed by atoms with Crippen LogP contribution in [0.25, 0.3) is 10.2 Å². The van der Waals surface area contributed by atoms with Crippen LogP contribution in [0.4, 0.5) is 19.0 Å². The number of rotatable bonds is 3. The number of carbonyl (C=O) groups excluding carboxylic acids is 1. The van der Waals surface area contributed by atoms with Crippen LogP contribution in [-0.4, -0.2) is 77.7 Å². The van der Waals surface area contributed by atoms with Crippen LogP contribution in [0, 0.1) is 5.92 Å². The number of hydrogen-bond acceptors (Lipinski definition) is 6. The van der Waals surface area contributed by atoms with Crippen molar-refractivity contribution in [2.24, 2.45) is 5.92 Å². The summed E-state index contributed by atoms with van der Waals surface area (Å²) in [7, 11) is 0. The fraction of sp³-hybridized carbons (Fsp3) is 0.611. The van der Waals surface area contributed by atoms with Crippen LogP contribution in [-0.2, 0) is 4.79 Å². The van der Waals surface area contributed by atoms with Crippen molar-refractivity contribution in [3.05, 3.63) is 17.8 Å². The Bertz CT molecular complexity index is 834. The third-order valence-electron chi connectivity index (χ3n) is 5.51. The highest BCUT2D eigenvalue weighted by atomic mass is 32.1. The van der Waals surface area contributed by atoms with Crippen molar-refractivity contribution in [2.45, 2.75) is 19.0 Å². The van der Waals surface area contributed by atoms with Gasteiger partial charge in [0.1, 0.15) is 17.0 Å². The van der Waals surface area contributed by atoms with Crippen molar-refractivity contribution in [1.82, 2.24) is 19.8 Å². The molecule has 10 heteroatoms. The van der Waals surface area contributed by atoms with E-state index < -0.39 is 12.1 Å². The molecule has 0 saturated carbocycles. The summed E-state index contributed by atoms with van der Waals surface area (Å²) in [5.74, 6) is -0.696. The number of piperidine rings is 1. The quantitative estimate of drug-likeness (QED) is 0.774. The predicted molar refractivity (Wildman–Crippen MR) is 101 cm³/mol. The predicted octanol–water partition coefficient (Wildman–Crippen LogP) is 2.61. The molecule has 2 aromatic heterocycles. The normalized spacial score (nSPS) is 22.0. The molecule has 4 heterocycles. The first-order chi connectivity index (χ1) is 13.4. The Morgan fingerprint density at radius 2 is 1.96 bits per heavy atom. The zero-order chi connectivity index (χ0) is 19.7. The Labute approximate surface area is 164 Å². The van der Waals surface area contributed by atoms with E-state index in [1.54, 1.807) is 17.7 Å². The summed E-state index contributed by atoms with van der Waals surface area (Å²) >= 11 is 1.57. The minimum absolute atomic E-state index is 0.113. The molecule has 4 rings (SSSR count). The van der Waals surface area contributed by atoms with Crippen molar-refractivity contribution in [3.63, 3.8) is 0 Å². The minimum atomic E-state index is -4.23. The second-order valence-electron chi connectivity index (χ2n) is 7.32. The lowest BCUT2D eigenvalue weighted by molar-refractivity contribution is -0.188. The number of piperazine rings is 1. The van der Waals surface area contributed by atoms with E-state index in [-0.39, 0.29) is 25.4 Å². The topological polar surface area (TPSA) is 52.6 Å². The molecule has 2 aromatic rings. The first-order valence-electron chi connectivity index (χ1n) is 9.42. The lowest BCUT2D eigenvalue weighted by Crippen LogP contribution is -2.52. The summed E-state index contributed by atoms with van der Waals surface area (Å²) in [4.78, 5) is 27.7. The smallest absolute Gasteiger partial charge is 0.353 e. The van der Waals surface area contributed by atoms with E-state index in [1.807, 2.05) is 16.3 Å². The van der Waals surface area contributed by atoms with Crippen LogP contribution < -0.4 is 4.90 Å². The fourth-order valence-corrected chi connectivity index (χ4v) is 4.64. The molecule has 1 atom stereocenters. The second-order valence-corrected chi connectivity index (χ2v) is 8.21. The lowest BCUT2D eigenvalue weighted by atomic mass is 9.97. The summed E-state index contributed by atoms with van der Waals surface area (Å²) in [6, 6.07) is 2.01. The number of thiophene rings is 1. The number of alkyl halides is 3. The number of fused-ring (bicyclic) bond motifs is 1. The second kappa shape index (κ2) is 7.82. The van der Waals surface area contributed by atoms with Gasteiger partial charge in [0.15, 0.2) is 0 Å². The van der Waals surface area contributed by atoms with E-state index in [9.17, 15) is 18.0 Å². The molecule has 0 aliphatic carbocycles. The molecule has 0 spiro atoms. The average molecular weight is 413 g/mol. The Kier molecular flexibility index (Phi) is 5.42. The Morgan fingerprint density at radius 1 is 1.18 bits per heavy atom. The third-order valence-corrected chi connectivity index (χ3v) is 6.33. The van der Waals surface area contributed by atoms with Gasteiger partial charge in [0.05, 0.1) is 17.8 Å². The van der Waals surface area contributed by atoms with Crippen LogP contribution in [0.2, 0.25) is 0 Å². The number of nitrogens with zero attached hydrogens (tertiary/aromatic N) is 5. The molecule has 0 bridgehead atoms. The van der Waals surface area contributed by atoms with Gasteiger partial charge in [-0.15, -0.1) is 11.3 Å². The number of hydrogen-bond donors (Lipinski definition) is 0. The van der Waals surface area contributed by atoms with Gasteiger partial charge in [0.2, 0.25) is 5.91 Å². The van der Waals surface area contributed by atoms with E-state index in [4.69, 9.17) is 0 Å². The number of anilines is 1. The molecule has 2 fully saturated rings. The van der Waals surface area contributed by atoms with Crippen molar-refractivity contribution < 1.29 is 18.0 Å². The number of aromatic nitrogens is 2. The van der Waals surface area contributed by atoms with Crippen molar-refractivity contribution in [3.8, 4) is 0 Å². The van der Waals surface area contributed by atoms with Crippen LogP contribution in [0.5, 0.6) is 0 Å². The number of likely N-dealkylation sites (tertiary alicyclic amines) is 1. The maximum absolute atomic E-state index is 13.0. The molecular weight excluding hydrogens is 391 g/mol. The first kappa shape index (κ1) is 19.4. The maximum atomic E-state index is 13.0. The van der Waals surface area contributed by atoms with E-state index in [0.29, 0.717) is 26.1 Å². The van der Waals surface area contributed by atoms with Crippen LogP contribution >= 0.6 is 11.3 Å². The van der Waals surface area contributed by atoms with E-state index in [0.717, 1.165) is 29.1 Å². The summed E-state index contributed by atoms with van der Waals surface area (Å²) in [6.07, 6.45) is -2.14. The summed E-state index contributed by atoms with van der Waals surface area (Å²) in [6.45, 7) is 3.19. The fourth-order valence-electron chi connectivity index (χ4n) is 3.91. The van der Waals surface area contributed by atoms with E-state index in [2.05, 4.69) is 14.9 Å². The number of carbonyl (C=O) groups is 1. The molecule has 1 unspecified atom stereocenters. The van der Waals surface area contributed by atoms with Crippen LogP contribution in [0.1, 0.15) is 12.8 Å². The van der Waals surface area contributed by atoms with Gasteiger partial charge in [-0.2, -0.15) is 13.2 Å². The Hall–Kier alpha value is -1.94. The molecule has 0 aromatic carbocycles. The molecule has 2 saturated heterocycles. The van der Waals surface area contributed by atoms with E-state index >= 15 is 0 Å². The van der Waals surface area contributed by atoms with Gasteiger partial charge in [0.25, 0.3) is 0 Å². The van der Waals surface area contributed by atoms with Gasteiger partial charge in [0, 0.05) is 39.3 Å². The minimum Gasteiger partial charge on any atom is -0.353 e. The van der Waals surface area contributed by atoms with Crippen LogP contribution in [0.3, 0.4) is 0 Å². The molecule has 0 N–H and O–H groups in total. The Balaban J connectivity index is 1.32. The molecule has 152 valence electrons. The zero-order valence-electron chi connectivity index (χ0n) is 15.4. The third kappa shape index (κ3) is 4.07. The molecule has 1 amide bonds. The van der Waals surface area contributed by atoms with E-state index in [1.165, 1.54) is 4.90 Å². The van der Waals surface area contributed by atoms with Crippen molar-refractivity contribution in [2.75, 3.05) is 50.7 Å². The summed E-state index contributed by atoms with van der Waals surface area (Å²) in [5, 5.41) is 3.02. The molecule has 2 aliphatic heterocycles. The lowest BCUT2D eigenvalue weighted by Gasteiger charge is -2.38. The molecule has 6 nitrogen and oxygen atoms in total. The maximum Gasteiger partial charge on any atom is 0.393 e. The number of amides is 1. The highest BCUT2D eigenvalue weighted by molar-refractivity contribution is 7.16. The molecule has 0 radical (unpaired) electrons. The monoisotopic (exact) mass is 413 g/mol. The first-order valence-corrected chi connectivity index (χ1v) is 10.3. The van der Waals surface area contributed by atoms with Gasteiger partial charge in [-0.05, 0) is 24.3 Å². The van der Waals surface area contributed by atoms with Gasteiger partial charge in [-0.25, -0.2) is 9.97 Å². The SMILES string of the molecule is O=C(CN1CCN(c2ncnc3sccc23)CC1)N1CCCC(C(F)(F)F)C1. The van der Waals surface area contributed by atoms with Crippen molar-refractivity contribution >= 4 is 33.3 Å². The van der Waals surface area contributed by atoms with Crippen LogP contribution in [0.15, 0.2) is 17.8 Å². The standard InChI is InChI=1S/C18H22F3N5OS/c19-18(20,21)13-2-1-4-26(10-13)15(27)11-24-5-7-25(8-6-24)16-14-3-9-28-17(14)23-12-22-16/h3,9,12-13H,1-2,4-8,10-11H2. The molecular formula is C18H22F3N5OS. The highest BCUT2D eigenvalue weighted by Crippen LogP contribution is 2.33. The molecule has 28 heavy (non-hydrogen) atoms. The number of halogens is 3. The molecule has 2 aliphatic rings. The summed E-state index contributed by atoms with van der Waals surface area (Å²) < 4.78 is 38.9. The van der Waals surface area contributed by atoms with Gasteiger partial charge >= 0.3 is 6.18 Å².